The Morgan fingerprint density at radius 1 is 0.958 bits per heavy atom. The molecule has 4 rings (SSSR count). The summed E-state index contributed by atoms with van der Waals surface area (Å²) in [6, 6.07) is 13.8. The number of hydrogen-bond acceptors (Lipinski definition) is 3. The number of nitrogens with zero attached hydrogens (tertiary/aromatic N) is 1. The summed E-state index contributed by atoms with van der Waals surface area (Å²) in [4.78, 5) is 14.3. The molecule has 1 saturated heterocycles. The van der Waals surface area contributed by atoms with Crippen LogP contribution in [0, 0.1) is 11.8 Å². The average molecular weight is 326 g/mol. The molecule has 0 unspecified atom stereocenters. The molecular weight excluding hydrogens is 304 g/mol. The molecule has 126 valence electrons. The van der Waals surface area contributed by atoms with Gasteiger partial charge in [0, 0.05) is 18.8 Å². The van der Waals surface area contributed by atoms with Crippen LogP contribution in [0.5, 0.6) is 0 Å². The molecule has 1 aliphatic carbocycles. The van der Waals surface area contributed by atoms with Gasteiger partial charge >= 0.3 is 6.03 Å². The van der Waals surface area contributed by atoms with Crippen LogP contribution in [0.4, 0.5) is 10.5 Å². The van der Waals surface area contributed by atoms with Gasteiger partial charge in [-0.15, -0.1) is 0 Å². The fourth-order valence-electron chi connectivity index (χ4n) is 4.04. The number of aliphatic hydroxyl groups excluding tert-OH is 2. The Bertz CT molecular complexity index is 745. The Morgan fingerprint density at radius 2 is 1.58 bits per heavy atom. The summed E-state index contributed by atoms with van der Waals surface area (Å²) in [5, 5.41) is 24.8. The van der Waals surface area contributed by atoms with Crippen LogP contribution in [0.15, 0.2) is 42.5 Å². The lowest BCUT2D eigenvalue weighted by Crippen LogP contribution is -2.38. The van der Waals surface area contributed by atoms with Crippen LogP contribution in [-0.4, -0.2) is 46.4 Å². The number of urea groups is 1. The van der Waals surface area contributed by atoms with Crippen molar-refractivity contribution in [3.05, 3.63) is 42.5 Å². The van der Waals surface area contributed by atoms with E-state index in [4.69, 9.17) is 0 Å². The van der Waals surface area contributed by atoms with Gasteiger partial charge in [0.2, 0.25) is 0 Å². The Morgan fingerprint density at radius 3 is 2.25 bits per heavy atom. The highest BCUT2D eigenvalue weighted by Crippen LogP contribution is 2.36. The number of likely N-dealkylation sites (tertiary alicyclic amines) is 1. The van der Waals surface area contributed by atoms with Crippen molar-refractivity contribution >= 4 is 22.5 Å². The van der Waals surface area contributed by atoms with E-state index < -0.39 is 12.2 Å². The largest absolute Gasteiger partial charge is 0.390 e. The second-order valence-electron chi connectivity index (χ2n) is 7.02. The van der Waals surface area contributed by atoms with Crippen molar-refractivity contribution in [3.8, 4) is 0 Å². The van der Waals surface area contributed by atoms with E-state index in [1.54, 1.807) is 4.90 Å². The maximum absolute atomic E-state index is 12.5. The summed E-state index contributed by atoms with van der Waals surface area (Å²) < 4.78 is 0. The fourth-order valence-corrected chi connectivity index (χ4v) is 4.04. The van der Waals surface area contributed by atoms with Crippen molar-refractivity contribution in [2.24, 2.45) is 11.8 Å². The van der Waals surface area contributed by atoms with E-state index in [1.165, 1.54) is 0 Å². The molecule has 2 fully saturated rings. The van der Waals surface area contributed by atoms with E-state index in [9.17, 15) is 15.0 Å². The van der Waals surface area contributed by atoms with Crippen molar-refractivity contribution < 1.29 is 15.0 Å². The number of carbonyl (C=O) groups is 1. The van der Waals surface area contributed by atoms with Crippen molar-refractivity contribution in [2.45, 2.75) is 25.0 Å². The molecule has 3 N–H and O–H groups in total. The molecule has 24 heavy (non-hydrogen) atoms. The number of rotatable bonds is 1. The van der Waals surface area contributed by atoms with Gasteiger partial charge in [-0.3, -0.25) is 0 Å². The molecule has 0 spiro atoms. The van der Waals surface area contributed by atoms with Crippen LogP contribution in [0.25, 0.3) is 10.8 Å². The number of amides is 2. The lowest BCUT2D eigenvalue weighted by molar-refractivity contribution is -0.0372. The van der Waals surface area contributed by atoms with Crippen molar-refractivity contribution in [2.75, 3.05) is 18.4 Å². The lowest BCUT2D eigenvalue weighted by atomic mass is 9.79. The molecule has 2 amide bonds. The number of aliphatic hydroxyl groups is 2. The van der Waals surface area contributed by atoms with Crippen LogP contribution in [0.1, 0.15) is 12.8 Å². The number of hydrogen-bond donors (Lipinski definition) is 3. The van der Waals surface area contributed by atoms with E-state index >= 15 is 0 Å². The first kappa shape index (κ1) is 15.4. The van der Waals surface area contributed by atoms with E-state index in [2.05, 4.69) is 5.32 Å². The Kier molecular flexibility index (Phi) is 3.90. The molecule has 4 atom stereocenters. The smallest absolute Gasteiger partial charge is 0.321 e. The average Bonchev–Trinajstić information content (AvgIpc) is 2.98. The highest BCUT2D eigenvalue weighted by atomic mass is 16.3. The molecule has 2 aliphatic rings. The summed E-state index contributed by atoms with van der Waals surface area (Å²) in [7, 11) is 0. The molecule has 1 heterocycles. The maximum atomic E-state index is 12.5. The summed E-state index contributed by atoms with van der Waals surface area (Å²) >= 11 is 0. The molecular formula is C19H22N2O3. The second kappa shape index (κ2) is 6.07. The first-order valence-corrected chi connectivity index (χ1v) is 8.51. The van der Waals surface area contributed by atoms with E-state index in [0.29, 0.717) is 25.9 Å². The molecule has 1 aliphatic heterocycles. The fraction of sp³-hybridized carbons (Fsp3) is 0.421. The quantitative estimate of drug-likeness (QED) is 0.753. The van der Waals surface area contributed by atoms with E-state index in [1.807, 2.05) is 42.5 Å². The number of anilines is 1. The minimum atomic E-state index is -0.658. The van der Waals surface area contributed by atoms with Crippen LogP contribution in [0.2, 0.25) is 0 Å². The molecule has 5 heteroatoms. The summed E-state index contributed by atoms with van der Waals surface area (Å²) in [6.07, 6.45) is -0.165. The van der Waals surface area contributed by atoms with E-state index in [-0.39, 0.29) is 17.9 Å². The molecule has 2 aromatic carbocycles. The van der Waals surface area contributed by atoms with Gasteiger partial charge in [0.15, 0.2) is 0 Å². The molecule has 0 radical (unpaired) electrons. The summed E-state index contributed by atoms with van der Waals surface area (Å²) in [5.74, 6) is 0.566. The van der Waals surface area contributed by atoms with Crippen molar-refractivity contribution in [1.82, 2.24) is 4.90 Å². The standard InChI is InChI=1S/C19H22N2O3/c22-17-8-14-10-21(11-15(14)9-18(17)23)19(24)20-16-6-5-12-3-1-2-4-13(12)7-16/h1-7,14-15,17-18,22-23H,8-11H2,(H,20,24)/t14-,15+,17-,18-/m0/s1. The van der Waals surface area contributed by atoms with Gasteiger partial charge < -0.3 is 20.4 Å². The van der Waals surface area contributed by atoms with Crippen LogP contribution >= 0.6 is 0 Å². The number of carbonyl (C=O) groups excluding carboxylic acids is 1. The normalized spacial score (nSPS) is 29.5. The zero-order chi connectivity index (χ0) is 16.7. The summed E-state index contributed by atoms with van der Waals surface area (Å²) in [6.45, 7) is 1.29. The Labute approximate surface area is 140 Å². The van der Waals surface area contributed by atoms with Crippen LogP contribution < -0.4 is 5.32 Å². The Hall–Kier alpha value is -2.11. The third kappa shape index (κ3) is 2.85. The monoisotopic (exact) mass is 326 g/mol. The summed E-state index contributed by atoms with van der Waals surface area (Å²) in [5.41, 5.74) is 0.786. The maximum Gasteiger partial charge on any atom is 0.321 e. The molecule has 0 bridgehead atoms. The first-order chi connectivity index (χ1) is 11.6. The van der Waals surface area contributed by atoms with Gasteiger partial charge in [-0.2, -0.15) is 0 Å². The Balaban J connectivity index is 1.44. The molecule has 1 saturated carbocycles. The zero-order valence-corrected chi connectivity index (χ0v) is 13.4. The van der Waals surface area contributed by atoms with Crippen molar-refractivity contribution in [1.29, 1.82) is 0 Å². The van der Waals surface area contributed by atoms with Crippen molar-refractivity contribution in [3.63, 3.8) is 0 Å². The minimum Gasteiger partial charge on any atom is -0.390 e. The zero-order valence-electron chi connectivity index (χ0n) is 13.4. The van der Waals surface area contributed by atoms with Gasteiger partial charge in [0.25, 0.3) is 0 Å². The molecule has 2 aromatic rings. The van der Waals surface area contributed by atoms with Gasteiger partial charge in [0.05, 0.1) is 12.2 Å². The van der Waals surface area contributed by atoms with E-state index in [0.717, 1.165) is 16.5 Å². The van der Waals surface area contributed by atoms with Gasteiger partial charge in [-0.1, -0.05) is 30.3 Å². The molecule has 5 nitrogen and oxygen atoms in total. The second-order valence-corrected chi connectivity index (χ2v) is 7.02. The third-order valence-electron chi connectivity index (χ3n) is 5.40. The predicted octanol–water partition coefficient (Wildman–Crippen LogP) is 2.44. The lowest BCUT2D eigenvalue weighted by Gasteiger charge is -2.31. The van der Waals surface area contributed by atoms with Gasteiger partial charge in [-0.25, -0.2) is 4.79 Å². The predicted molar refractivity (Wildman–Crippen MR) is 92.8 cm³/mol. The minimum absolute atomic E-state index is 0.108. The van der Waals surface area contributed by atoms with Crippen LogP contribution in [-0.2, 0) is 0 Å². The number of fused-ring (bicyclic) bond motifs is 2. The first-order valence-electron chi connectivity index (χ1n) is 8.51. The van der Waals surface area contributed by atoms with Gasteiger partial charge in [0.1, 0.15) is 0 Å². The van der Waals surface area contributed by atoms with Gasteiger partial charge in [-0.05, 0) is 47.6 Å². The highest BCUT2D eigenvalue weighted by Gasteiger charge is 2.42. The number of benzene rings is 2. The SMILES string of the molecule is O=C(Nc1ccc2ccccc2c1)N1C[C@H]2C[C@H](O)[C@@H](O)C[C@H]2C1. The number of nitrogens with one attached hydrogen (secondary N) is 1. The van der Waals surface area contributed by atoms with Crippen LogP contribution in [0.3, 0.4) is 0 Å². The topological polar surface area (TPSA) is 72.8 Å². The molecule has 0 aromatic heterocycles. The highest BCUT2D eigenvalue weighted by molar-refractivity contribution is 5.93. The third-order valence-corrected chi connectivity index (χ3v) is 5.40.